The van der Waals surface area contributed by atoms with Crippen molar-refractivity contribution in [2.24, 2.45) is 0 Å². The highest BCUT2D eigenvalue weighted by Crippen LogP contribution is 2.24. The molecule has 1 aliphatic rings. The van der Waals surface area contributed by atoms with Crippen LogP contribution < -0.4 is 5.32 Å². The number of hydrogen-bond donors (Lipinski definition) is 2. The maximum Gasteiger partial charge on any atom is 0.231 e. The van der Waals surface area contributed by atoms with Crippen LogP contribution in [-0.4, -0.2) is 33.4 Å². The van der Waals surface area contributed by atoms with Crippen LogP contribution >= 0.6 is 0 Å². The molecule has 1 aromatic heterocycles. The molecule has 0 saturated heterocycles. The van der Waals surface area contributed by atoms with Crippen LogP contribution in [0.1, 0.15) is 72.2 Å². The van der Waals surface area contributed by atoms with Crippen molar-refractivity contribution in [1.82, 2.24) is 9.88 Å². The Balaban J connectivity index is 0. The van der Waals surface area contributed by atoms with Gasteiger partial charge in [-0.3, -0.25) is 19.8 Å². The van der Waals surface area contributed by atoms with E-state index in [4.69, 9.17) is 15.9 Å². The topological polar surface area (TPSA) is 151 Å². The number of nitriles is 2. The second kappa shape index (κ2) is 15.0. The van der Waals surface area contributed by atoms with E-state index >= 15 is 0 Å². The van der Waals surface area contributed by atoms with Gasteiger partial charge >= 0.3 is 0 Å². The largest absolute Gasteiger partial charge is 0.310 e. The van der Waals surface area contributed by atoms with Gasteiger partial charge in [0.25, 0.3) is 0 Å². The minimum absolute atomic E-state index is 0. The zero-order chi connectivity index (χ0) is 24.1. The van der Waals surface area contributed by atoms with Crippen LogP contribution in [0.15, 0.2) is 17.7 Å². The van der Waals surface area contributed by atoms with Crippen molar-refractivity contribution in [3.63, 3.8) is 0 Å². The Hall–Kier alpha value is -3.85. The van der Waals surface area contributed by atoms with Gasteiger partial charge in [0.05, 0.1) is 11.1 Å². The van der Waals surface area contributed by atoms with Crippen molar-refractivity contribution in [2.75, 3.05) is 5.32 Å². The molecule has 0 saturated carbocycles. The molecule has 0 bridgehead atoms. The fourth-order valence-corrected chi connectivity index (χ4v) is 2.73. The van der Waals surface area contributed by atoms with E-state index in [2.05, 4.69) is 16.4 Å². The fraction of sp³-hybridized carbons (Fsp3) is 0.435. The second-order valence-electron chi connectivity index (χ2n) is 6.17. The summed E-state index contributed by atoms with van der Waals surface area (Å²) in [5, 5.41) is 27.6. The van der Waals surface area contributed by atoms with Gasteiger partial charge in [-0.25, -0.2) is 9.88 Å². The van der Waals surface area contributed by atoms with Gasteiger partial charge in [-0.05, 0) is 37.8 Å². The number of anilines is 1. The Bertz CT molecular complexity index is 953. The number of allylic oxidation sites excluding steroid dienone is 1. The highest BCUT2D eigenvalue weighted by Gasteiger charge is 2.21. The Morgan fingerprint density at radius 2 is 1.72 bits per heavy atom. The molecule has 1 aromatic rings. The first kappa shape index (κ1) is 30.3. The van der Waals surface area contributed by atoms with Gasteiger partial charge in [-0.2, -0.15) is 10.5 Å². The maximum atomic E-state index is 11.0. The van der Waals surface area contributed by atoms with Crippen LogP contribution in [0, 0.1) is 28.1 Å². The number of fused-ring (bicyclic) bond motifs is 1. The molecule has 32 heavy (non-hydrogen) atoms. The monoisotopic (exact) mass is 440 g/mol. The number of aryl methyl sites for hydroxylation is 2. The van der Waals surface area contributed by atoms with Crippen molar-refractivity contribution in [1.29, 1.82) is 15.9 Å². The molecule has 9 heteroatoms. The van der Waals surface area contributed by atoms with Gasteiger partial charge in [0.2, 0.25) is 17.7 Å². The zero-order valence-corrected chi connectivity index (χ0v) is 18.8. The van der Waals surface area contributed by atoms with E-state index in [0.717, 1.165) is 30.5 Å². The lowest BCUT2D eigenvalue weighted by Gasteiger charge is -2.16. The fourth-order valence-electron chi connectivity index (χ4n) is 2.73. The molecule has 3 amide bonds. The Kier molecular flexibility index (Phi) is 14.2. The number of imide groups is 1. The summed E-state index contributed by atoms with van der Waals surface area (Å²) in [5.74, 6) is -1.33. The van der Waals surface area contributed by atoms with Crippen molar-refractivity contribution in [2.45, 2.75) is 68.2 Å². The highest BCUT2D eigenvalue weighted by atomic mass is 16.2. The molecule has 9 nitrogen and oxygen atoms in total. The summed E-state index contributed by atoms with van der Waals surface area (Å²) in [6.45, 7) is 9.31. The zero-order valence-electron chi connectivity index (χ0n) is 18.8. The van der Waals surface area contributed by atoms with Gasteiger partial charge in [-0.1, -0.05) is 27.4 Å². The van der Waals surface area contributed by atoms with Crippen LogP contribution in [0.4, 0.5) is 5.82 Å². The number of nitrogens with zero attached hydrogens (tertiary/aromatic N) is 4. The molecule has 0 aromatic carbocycles. The SMILES string of the molecule is C.C/C=C(/C#N)C(=N)N(C(C)=O)C(C)=O.CC.CC(=O)Nc1nc2c(cc1C#N)CCC2. The average Bonchev–Trinajstić information content (AvgIpc) is 3.16. The normalized spacial score (nSPS) is 10.8. The van der Waals surface area contributed by atoms with Crippen LogP contribution in [0.5, 0.6) is 0 Å². The molecule has 0 radical (unpaired) electrons. The van der Waals surface area contributed by atoms with Crippen LogP contribution in [0.2, 0.25) is 0 Å². The number of carbonyl (C=O) groups is 3. The molecular weight excluding hydrogens is 408 g/mol. The summed E-state index contributed by atoms with van der Waals surface area (Å²) in [4.78, 5) is 37.9. The van der Waals surface area contributed by atoms with Crippen molar-refractivity contribution >= 4 is 29.4 Å². The lowest BCUT2D eigenvalue weighted by Crippen LogP contribution is -2.39. The molecule has 1 aliphatic carbocycles. The first-order valence-electron chi connectivity index (χ1n) is 9.83. The summed E-state index contributed by atoms with van der Waals surface area (Å²) < 4.78 is 0. The Morgan fingerprint density at radius 1 is 1.16 bits per heavy atom. The summed E-state index contributed by atoms with van der Waals surface area (Å²) in [6.07, 6.45) is 4.38. The number of nitrogens with one attached hydrogen (secondary N) is 2. The highest BCUT2D eigenvalue weighted by molar-refractivity contribution is 6.17. The summed E-state index contributed by atoms with van der Waals surface area (Å²) >= 11 is 0. The summed E-state index contributed by atoms with van der Waals surface area (Å²) in [5.41, 5.74) is 2.60. The van der Waals surface area contributed by atoms with E-state index in [1.165, 1.54) is 26.8 Å². The molecule has 0 unspecified atom stereocenters. The standard InChI is InChI=1S/C11H11N3O.C9H11N3O2.C2H6.CH4/c1-7(15)13-11-9(6-12)5-8-3-2-4-10(8)14-11;1-4-8(5-10)9(11)12(6(2)13)7(3)14;1-2;/h5H,2-4H2,1H3,(H,13,14,15);4,11H,1-3H3;1-2H3;1H4/b;8-4-,11-9?;;. The van der Waals surface area contributed by atoms with Crippen molar-refractivity contribution < 1.29 is 14.4 Å². The van der Waals surface area contributed by atoms with Crippen molar-refractivity contribution in [3.05, 3.63) is 34.5 Å². The number of rotatable bonds is 2. The molecule has 0 atom stereocenters. The Morgan fingerprint density at radius 3 is 2.12 bits per heavy atom. The van der Waals surface area contributed by atoms with E-state index in [1.54, 1.807) is 13.0 Å². The molecule has 2 N–H and O–H groups in total. The number of carbonyl (C=O) groups excluding carboxylic acids is 3. The van der Waals surface area contributed by atoms with E-state index < -0.39 is 11.8 Å². The summed E-state index contributed by atoms with van der Waals surface area (Å²) in [6, 6.07) is 5.62. The predicted octanol–water partition coefficient (Wildman–Crippen LogP) is 3.89. The molecule has 1 heterocycles. The van der Waals surface area contributed by atoms with Crippen LogP contribution in [0.3, 0.4) is 0 Å². The van der Waals surface area contributed by atoms with E-state index in [9.17, 15) is 14.4 Å². The molecular formula is C23H32N6O3. The first-order chi connectivity index (χ1) is 14.7. The van der Waals surface area contributed by atoms with Gasteiger partial charge in [0.1, 0.15) is 12.1 Å². The van der Waals surface area contributed by atoms with Gasteiger partial charge < -0.3 is 5.32 Å². The number of amidine groups is 1. The third-order valence-electron chi connectivity index (χ3n) is 3.98. The third kappa shape index (κ3) is 8.49. The average molecular weight is 441 g/mol. The predicted molar refractivity (Wildman–Crippen MR) is 124 cm³/mol. The Labute approximate surface area is 190 Å². The lowest BCUT2D eigenvalue weighted by atomic mass is 10.1. The molecule has 172 valence electrons. The smallest absolute Gasteiger partial charge is 0.231 e. The molecule has 2 rings (SSSR count). The van der Waals surface area contributed by atoms with Crippen LogP contribution in [0.25, 0.3) is 0 Å². The van der Waals surface area contributed by atoms with Crippen LogP contribution in [-0.2, 0) is 27.2 Å². The third-order valence-corrected chi connectivity index (χ3v) is 3.98. The minimum Gasteiger partial charge on any atom is -0.310 e. The van der Waals surface area contributed by atoms with E-state index in [-0.39, 0.29) is 24.7 Å². The van der Waals surface area contributed by atoms with Gasteiger partial charge in [0.15, 0.2) is 11.7 Å². The number of pyridine rings is 1. The lowest BCUT2D eigenvalue weighted by molar-refractivity contribution is -0.137. The maximum absolute atomic E-state index is 11.0. The van der Waals surface area contributed by atoms with Gasteiger partial charge in [0, 0.05) is 26.5 Å². The van der Waals surface area contributed by atoms with Gasteiger partial charge in [-0.15, -0.1) is 0 Å². The number of amides is 3. The first-order valence-corrected chi connectivity index (χ1v) is 9.83. The number of aromatic nitrogens is 1. The number of hydrogen-bond acceptors (Lipinski definition) is 7. The summed E-state index contributed by atoms with van der Waals surface area (Å²) in [7, 11) is 0. The van der Waals surface area contributed by atoms with E-state index in [0.29, 0.717) is 16.3 Å². The molecule has 0 aliphatic heterocycles. The van der Waals surface area contributed by atoms with Crippen molar-refractivity contribution in [3.8, 4) is 12.1 Å². The quantitative estimate of drug-likeness (QED) is 0.404. The molecule has 0 spiro atoms. The molecule has 0 fully saturated rings. The second-order valence-corrected chi connectivity index (χ2v) is 6.17. The van der Waals surface area contributed by atoms with E-state index in [1.807, 2.05) is 19.9 Å². The minimum atomic E-state index is -0.572.